The summed E-state index contributed by atoms with van der Waals surface area (Å²) in [6.45, 7) is 5.27. The van der Waals surface area contributed by atoms with Gasteiger partial charge in [-0.2, -0.15) is 0 Å². The van der Waals surface area contributed by atoms with Crippen molar-refractivity contribution in [3.05, 3.63) is 65.7 Å². The van der Waals surface area contributed by atoms with Gasteiger partial charge in [-0.05, 0) is 42.6 Å². The quantitative estimate of drug-likeness (QED) is 0.740. The summed E-state index contributed by atoms with van der Waals surface area (Å²) in [5, 5.41) is 3.52. The summed E-state index contributed by atoms with van der Waals surface area (Å²) >= 11 is 0. The number of aryl methyl sites for hydroxylation is 1. The van der Waals surface area contributed by atoms with Crippen LogP contribution in [0, 0.1) is 0 Å². The molecule has 0 atom stereocenters. The minimum atomic E-state index is 0.957. The molecule has 0 radical (unpaired) electrons. The van der Waals surface area contributed by atoms with Crippen molar-refractivity contribution in [1.29, 1.82) is 0 Å². The third-order valence-electron chi connectivity index (χ3n) is 3.80. The van der Waals surface area contributed by atoms with Crippen LogP contribution >= 0.6 is 0 Å². The molecule has 2 rings (SSSR count). The Bertz CT molecular complexity index is 505. The van der Waals surface area contributed by atoms with Gasteiger partial charge in [0.2, 0.25) is 0 Å². The van der Waals surface area contributed by atoms with Crippen LogP contribution in [-0.4, -0.2) is 20.1 Å². The van der Waals surface area contributed by atoms with E-state index in [2.05, 4.69) is 78.8 Å². The highest BCUT2D eigenvalue weighted by Gasteiger charge is 1.99. The Morgan fingerprint density at radius 2 is 1.57 bits per heavy atom. The molecule has 0 aliphatic carbocycles. The van der Waals surface area contributed by atoms with Crippen LogP contribution in [0.25, 0.3) is 0 Å². The second-order valence-corrected chi connectivity index (χ2v) is 5.46. The van der Waals surface area contributed by atoms with E-state index in [1.54, 1.807) is 0 Å². The van der Waals surface area contributed by atoms with E-state index in [0.29, 0.717) is 0 Å². The zero-order valence-electron chi connectivity index (χ0n) is 13.2. The molecule has 0 bridgehead atoms. The van der Waals surface area contributed by atoms with Gasteiger partial charge >= 0.3 is 0 Å². The fraction of sp³-hybridized carbons (Fsp3) is 0.368. The summed E-state index contributed by atoms with van der Waals surface area (Å²) < 4.78 is 0. The van der Waals surface area contributed by atoms with Gasteiger partial charge < -0.3 is 10.2 Å². The molecule has 112 valence electrons. The molecule has 2 aromatic rings. The molecule has 2 heteroatoms. The molecule has 1 N–H and O–H groups in total. The zero-order valence-corrected chi connectivity index (χ0v) is 13.2. The second kappa shape index (κ2) is 8.48. The van der Waals surface area contributed by atoms with Crippen LogP contribution in [0.5, 0.6) is 0 Å². The van der Waals surface area contributed by atoms with Crippen LogP contribution in [0.1, 0.15) is 24.5 Å². The summed E-state index contributed by atoms with van der Waals surface area (Å²) in [6.07, 6.45) is 2.26. The Morgan fingerprint density at radius 3 is 2.24 bits per heavy atom. The van der Waals surface area contributed by atoms with E-state index in [9.17, 15) is 0 Å². The van der Waals surface area contributed by atoms with Crippen molar-refractivity contribution in [1.82, 2.24) is 5.32 Å². The smallest absolute Gasteiger partial charge is 0.0363 e. The molecule has 0 amide bonds. The van der Waals surface area contributed by atoms with E-state index in [0.717, 1.165) is 32.5 Å². The van der Waals surface area contributed by atoms with Crippen LogP contribution < -0.4 is 10.2 Å². The average molecular weight is 282 g/mol. The van der Waals surface area contributed by atoms with E-state index in [1.807, 2.05) is 0 Å². The molecular weight excluding hydrogens is 256 g/mol. The average Bonchev–Trinajstić information content (AvgIpc) is 2.55. The second-order valence-electron chi connectivity index (χ2n) is 5.46. The van der Waals surface area contributed by atoms with Crippen molar-refractivity contribution in [3.8, 4) is 0 Å². The Balaban J connectivity index is 1.63. The Kier molecular flexibility index (Phi) is 6.29. The van der Waals surface area contributed by atoms with Gasteiger partial charge in [-0.3, -0.25) is 0 Å². The molecule has 0 aliphatic rings. The first-order chi connectivity index (χ1) is 10.3. The zero-order chi connectivity index (χ0) is 14.9. The molecule has 0 heterocycles. The first-order valence-electron chi connectivity index (χ1n) is 7.84. The highest BCUT2D eigenvalue weighted by atomic mass is 15.1. The maximum absolute atomic E-state index is 3.52. The first-order valence-corrected chi connectivity index (χ1v) is 7.84. The van der Waals surface area contributed by atoms with Crippen LogP contribution in [0.3, 0.4) is 0 Å². The molecule has 0 saturated heterocycles. The van der Waals surface area contributed by atoms with Gasteiger partial charge in [0.25, 0.3) is 0 Å². The van der Waals surface area contributed by atoms with E-state index in [4.69, 9.17) is 0 Å². The minimum Gasteiger partial charge on any atom is -0.375 e. The monoisotopic (exact) mass is 282 g/mol. The third kappa shape index (κ3) is 5.24. The summed E-state index contributed by atoms with van der Waals surface area (Å²) in [6, 6.07) is 19.4. The number of benzene rings is 2. The lowest BCUT2D eigenvalue weighted by Crippen LogP contribution is -2.23. The molecule has 21 heavy (non-hydrogen) atoms. The molecule has 0 saturated carbocycles. The van der Waals surface area contributed by atoms with E-state index >= 15 is 0 Å². The molecule has 0 aliphatic heterocycles. The van der Waals surface area contributed by atoms with Gasteiger partial charge in [-0.15, -0.1) is 0 Å². The van der Waals surface area contributed by atoms with Crippen LogP contribution in [-0.2, 0) is 13.0 Å². The summed E-state index contributed by atoms with van der Waals surface area (Å²) in [5.74, 6) is 0. The van der Waals surface area contributed by atoms with E-state index in [-0.39, 0.29) is 0 Å². The predicted molar refractivity (Wildman–Crippen MR) is 91.9 cm³/mol. The molecule has 0 spiro atoms. The molecule has 0 unspecified atom stereocenters. The molecule has 2 aromatic carbocycles. The first kappa shape index (κ1) is 15.6. The van der Waals surface area contributed by atoms with Gasteiger partial charge in [-0.1, -0.05) is 49.4 Å². The van der Waals surface area contributed by atoms with E-state index < -0.39 is 0 Å². The maximum atomic E-state index is 3.52. The summed E-state index contributed by atoms with van der Waals surface area (Å²) in [7, 11) is 2.15. The summed E-state index contributed by atoms with van der Waals surface area (Å²) in [5.41, 5.74) is 4.06. The standard InChI is InChI=1S/C19H26N2/c1-3-17-10-12-18(13-11-17)16-20-14-7-15-21(2)19-8-5-4-6-9-19/h4-6,8-13,20H,3,7,14-16H2,1-2H3. The number of para-hydroxylation sites is 1. The Hall–Kier alpha value is -1.80. The van der Waals surface area contributed by atoms with Crippen LogP contribution in [0.4, 0.5) is 5.69 Å². The number of nitrogens with one attached hydrogen (secondary N) is 1. The molecule has 0 fully saturated rings. The van der Waals surface area contributed by atoms with E-state index in [1.165, 1.54) is 16.8 Å². The van der Waals surface area contributed by atoms with Crippen molar-refractivity contribution in [2.45, 2.75) is 26.3 Å². The van der Waals surface area contributed by atoms with Crippen LogP contribution in [0.15, 0.2) is 54.6 Å². The number of nitrogens with zero attached hydrogens (tertiary/aromatic N) is 1. The number of anilines is 1. The number of hydrogen-bond donors (Lipinski definition) is 1. The highest BCUT2D eigenvalue weighted by molar-refractivity contribution is 5.44. The normalized spacial score (nSPS) is 10.6. The maximum Gasteiger partial charge on any atom is 0.0363 e. The van der Waals surface area contributed by atoms with Crippen molar-refractivity contribution in [2.75, 3.05) is 25.0 Å². The van der Waals surface area contributed by atoms with Gasteiger partial charge in [0, 0.05) is 25.8 Å². The summed E-state index contributed by atoms with van der Waals surface area (Å²) in [4.78, 5) is 2.30. The molecule has 0 aromatic heterocycles. The SMILES string of the molecule is CCc1ccc(CNCCCN(C)c2ccccc2)cc1. The lowest BCUT2D eigenvalue weighted by molar-refractivity contribution is 0.646. The Morgan fingerprint density at radius 1 is 0.905 bits per heavy atom. The fourth-order valence-electron chi connectivity index (χ4n) is 2.38. The van der Waals surface area contributed by atoms with Crippen molar-refractivity contribution in [2.24, 2.45) is 0 Å². The lowest BCUT2D eigenvalue weighted by Gasteiger charge is -2.19. The topological polar surface area (TPSA) is 15.3 Å². The van der Waals surface area contributed by atoms with Gasteiger partial charge in [0.15, 0.2) is 0 Å². The largest absolute Gasteiger partial charge is 0.375 e. The lowest BCUT2D eigenvalue weighted by atomic mass is 10.1. The minimum absolute atomic E-state index is 0.957. The molecule has 2 nitrogen and oxygen atoms in total. The molecular formula is C19H26N2. The van der Waals surface area contributed by atoms with Gasteiger partial charge in [0.05, 0.1) is 0 Å². The van der Waals surface area contributed by atoms with Crippen molar-refractivity contribution >= 4 is 5.69 Å². The number of rotatable bonds is 8. The van der Waals surface area contributed by atoms with Crippen LogP contribution in [0.2, 0.25) is 0 Å². The third-order valence-corrected chi connectivity index (χ3v) is 3.80. The van der Waals surface area contributed by atoms with Gasteiger partial charge in [-0.25, -0.2) is 0 Å². The van der Waals surface area contributed by atoms with Crippen molar-refractivity contribution in [3.63, 3.8) is 0 Å². The Labute approximate surface area is 128 Å². The fourth-order valence-corrected chi connectivity index (χ4v) is 2.38. The highest BCUT2D eigenvalue weighted by Crippen LogP contribution is 2.10. The van der Waals surface area contributed by atoms with Crippen molar-refractivity contribution < 1.29 is 0 Å². The number of hydrogen-bond acceptors (Lipinski definition) is 2. The van der Waals surface area contributed by atoms with Gasteiger partial charge in [0.1, 0.15) is 0 Å². The predicted octanol–water partition coefficient (Wildman–Crippen LogP) is 3.87.